The van der Waals surface area contributed by atoms with Crippen molar-refractivity contribution < 1.29 is 9.53 Å². The topological polar surface area (TPSA) is 55.2 Å². The lowest BCUT2D eigenvalue weighted by atomic mass is 9.98. The maximum atomic E-state index is 12.5. The number of hydrogen-bond acceptors (Lipinski definition) is 3. The summed E-state index contributed by atoms with van der Waals surface area (Å²) in [6.07, 6.45) is 5.77. The fraction of sp³-hybridized carbons (Fsp3) is 0.333. The number of allylic oxidation sites excluding steroid dienone is 3. The highest BCUT2D eigenvalue weighted by molar-refractivity contribution is 5.93. The summed E-state index contributed by atoms with van der Waals surface area (Å²) in [6, 6.07) is 9.01. The Balaban J connectivity index is 2.28. The van der Waals surface area contributed by atoms with Gasteiger partial charge in [0, 0.05) is 37.3 Å². The summed E-state index contributed by atoms with van der Waals surface area (Å²) in [5, 5.41) is 15.8. The SMILES string of the molecule is CC(C(NC1=CC(=O)CC=C1)C(C)C)=[N+]([O-])c1ccccc1. The summed E-state index contributed by atoms with van der Waals surface area (Å²) < 4.78 is 0.951. The maximum absolute atomic E-state index is 12.5. The van der Waals surface area contributed by atoms with Gasteiger partial charge >= 0.3 is 0 Å². The number of benzene rings is 1. The number of nitrogens with one attached hydrogen (secondary N) is 1. The van der Waals surface area contributed by atoms with E-state index in [-0.39, 0.29) is 17.7 Å². The highest BCUT2D eigenvalue weighted by Crippen LogP contribution is 2.15. The summed E-state index contributed by atoms with van der Waals surface area (Å²) in [6.45, 7) is 5.93. The summed E-state index contributed by atoms with van der Waals surface area (Å²) >= 11 is 0. The predicted molar refractivity (Wildman–Crippen MR) is 89.0 cm³/mol. The van der Waals surface area contributed by atoms with Crippen molar-refractivity contribution in [2.45, 2.75) is 33.2 Å². The molecule has 0 saturated heterocycles. The van der Waals surface area contributed by atoms with Gasteiger partial charge in [-0.05, 0) is 12.0 Å². The molecule has 1 unspecified atom stereocenters. The Morgan fingerprint density at radius 1 is 1.27 bits per heavy atom. The van der Waals surface area contributed by atoms with E-state index in [2.05, 4.69) is 19.2 Å². The monoisotopic (exact) mass is 298 g/mol. The van der Waals surface area contributed by atoms with E-state index in [1.807, 2.05) is 37.3 Å². The molecule has 0 saturated carbocycles. The van der Waals surface area contributed by atoms with Crippen LogP contribution >= 0.6 is 0 Å². The minimum absolute atomic E-state index is 0.0761. The molecule has 116 valence electrons. The minimum Gasteiger partial charge on any atom is -0.618 e. The first-order valence-corrected chi connectivity index (χ1v) is 7.52. The first-order chi connectivity index (χ1) is 10.5. The van der Waals surface area contributed by atoms with Crippen molar-refractivity contribution in [2.24, 2.45) is 5.92 Å². The highest BCUT2D eigenvalue weighted by Gasteiger charge is 2.24. The molecule has 1 N–H and O–H groups in total. The number of ketones is 1. The molecule has 0 heterocycles. The molecule has 22 heavy (non-hydrogen) atoms. The van der Waals surface area contributed by atoms with Crippen LogP contribution in [0.4, 0.5) is 5.69 Å². The third-order valence-corrected chi connectivity index (χ3v) is 3.68. The molecule has 2 rings (SSSR count). The average Bonchev–Trinajstić information content (AvgIpc) is 2.52. The first-order valence-electron chi connectivity index (χ1n) is 7.52. The highest BCUT2D eigenvalue weighted by atomic mass is 16.5. The number of hydrogen-bond donors (Lipinski definition) is 1. The van der Waals surface area contributed by atoms with Gasteiger partial charge in [-0.25, -0.2) is 0 Å². The molecule has 4 heteroatoms. The molecule has 0 fully saturated rings. The van der Waals surface area contributed by atoms with Crippen LogP contribution in [0.5, 0.6) is 0 Å². The van der Waals surface area contributed by atoms with Crippen LogP contribution in [0.1, 0.15) is 27.2 Å². The zero-order chi connectivity index (χ0) is 16.1. The van der Waals surface area contributed by atoms with Crippen molar-refractivity contribution in [3.05, 3.63) is 59.5 Å². The number of para-hydroxylation sites is 1. The number of rotatable bonds is 5. The van der Waals surface area contributed by atoms with Gasteiger partial charge in [-0.3, -0.25) is 4.79 Å². The molecule has 1 aromatic carbocycles. The molecule has 4 nitrogen and oxygen atoms in total. The van der Waals surface area contributed by atoms with Gasteiger partial charge in [-0.15, -0.1) is 0 Å². The Morgan fingerprint density at radius 2 is 1.95 bits per heavy atom. The van der Waals surface area contributed by atoms with Crippen molar-refractivity contribution in [1.29, 1.82) is 0 Å². The van der Waals surface area contributed by atoms with E-state index in [4.69, 9.17) is 0 Å². The van der Waals surface area contributed by atoms with Crippen LogP contribution in [-0.4, -0.2) is 22.3 Å². The standard InChI is InChI=1S/C18H22N2O2/c1-13(2)18(19-15-8-7-11-17(21)12-15)14(3)20(22)16-9-5-4-6-10-16/h4-10,12-13,18-19H,11H2,1-3H3. The lowest BCUT2D eigenvalue weighted by Crippen LogP contribution is -2.42. The molecule has 0 bridgehead atoms. The lowest BCUT2D eigenvalue weighted by molar-refractivity contribution is -0.364. The molecule has 1 atom stereocenters. The first kappa shape index (κ1) is 16.0. The zero-order valence-corrected chi connectivity index (χ0v) is 13.2. The van der Waals surface area contributed by atoms with Gasteiger partial charge in [0.1, 0.15) is 6.04 Å². The third kappa shape index (κ3) is 3.85. The number of carbonyl (C=O) groups is 1. The van der Waals surface area contributed by atoms with Gasteiger partial charge < -0.3 is 10.5 Å². The second-order valence-electron chi connectivity index (χ2n) is 5.81. The van der Waals surface area contributed by atoms with Gasteiger partial charge in [0.2, 0.25) is 5.69 Å². The lowest BCUT2D eigenvalue weighted by Gasteiger charge is -2.24. The Bertz CT molecular complexity index is 628. The third-order valence-electron chi connectivity index (χ3n) is 3.68. The number of carbonyl (C=O) groups excluding carboxylic acids is 1. The van der Waals surface area contributed by atoms with Crippen LogP contribution in [0, 0.1) is 11.1 Å². The van der Waals surface area contributed by atoms with E-state index < -0.39 is 0 Å². The van der Waals surface area contributed by atoms with Crippen LogP contribution in [-0.2, 0) is 4.79 Å². The zero-order valence-electron chi connectivity index (χ0n) is 13.2. The molecule has 0 aliphatic heterocycles. The van der Waals surface area contributed by atoms with E-state index in [1.54, 1.807) is 18.2 Å². The summed E-state index contributed by atoms with van der Waals surface area (Å²) in [4.78, 5) is 11.5. The molecule has 1 aromatic rings. The molecular weight excluding hydrogens is 276 g/mol. The van der Waals surface area contributed by atoms with Crippen molar-refractivity contribution in [1.82, 2.24) is 5.32 Å². The van der Waals surface area contributed by atoms with E-state index >= 15 is 0 Å². The quantitative estimate of drug-likeness (QED) is 0.393. The van der Waals surface area contributed by atoms with Crippen molar-refractivity contribution in [2.75, 3.05) is 0 Å². The largest absolute Gasteiger partial charge is 0.618 e. The van der Waals surface area contributed by atoms with Crippen LogP contribution in [0.2, 0.25) is 0 Å². The Kier molecular flexibility index (Phi) is 5.15. The van der Waals surface area contributed by atoms with Gasteiger partial charge in [-0.1, -0.05) is 38.1 Å². The van der Waals surface area contributed by atoms with Crippen LogP contribution in [0.25, 0.3) is 0 Å². The molecule has 1 aliphatic rings. The molecule has 0 spiro atoms. The predicted octanol–water partition coefficient (Wildman–Crippen LogP) is 3.32. The van der Waals surface area contributed by atoms with Gasteiger partial charge in [0.05, 0.1) is 0 Å². The fourth-order valence-electron chi connectivity index (χ4n) is 2.50. The van der Waals surface area contributed by atoms with Gasteiger partial charge in [0.25, 0.3) is 0 Å². The molecule has 0 amide bonds. The molecular formula is C18H22N2O2. The Morgan fingerprint density at radius 3 is 2.55 bits per heavy atom. The van der Waals surface area contributed by atoms with Crippen molar-refractivity contribution >= 4 is 17.2 Å². The van der Waals surface area contributed by atoms with Crippen LogP contribution in [0.15, 0.2) is 54.3 Å². The summed E-state index contributed by atoms with van der Waals surface area (Å²) in [5.74, 6) is 0.290. The molecule has 0 radical (unpaired) electrons. The second kappa shape index (κ2) is 7.07. The van der Waals surface area contributed by atoms with E-state index in [1.165, 1.54) is 0 Å². The van der Waals surface area contributed by atoms with E-state index in [9.17, 15) is 10.0 Å². The minimum atomic E-state index is -0.139. The molecule has 0 aromatic heterocycles. The number of nitrogens with zero attached hydrogens (tertiary/aromatic N) is 1. The summed E-state index contributed by atoms with van der Waals surface area (Å²) in [5.41, 5.74) is 2.04. The van der Waals surface area contributed by atoms with Crippen LogP contribution in [0.3, 0.4) is 0 Å². The maximum Gasteiger partial charge on any atom is 0.216 e. The summed E-state index contributed by atoms with van der Waals surface area (Å²) in [7, 11) is 0. The van der Waals surface area contributed by atoms with Gasteiger partial charge in [-0.2, -0.15) is 4.74 Å². The Hall–Kier alpha value is -2.36. The van der Waals surface area contributed by atoms with E-state index in [0.29, 0.717) is 17.8 Å². The second-order valence-corrected chi connectivity index (χ2v) is 5.81. The van der Waals surface area contributed by atoms with Gasteiger partial charge in [0.15, 0.2) is 11.5 Å². The van der Waals surface area contributed by atoms with E-state index in [0.717, 1.165) is 10.4 Å². The average molecular weight is 298 g/mol. The smallest absolute Gasteiger partial charge is 0.216 e. The van der Waals surface area contributed by atoms with Crippen LogP contribution < -0.4 is 5.32 Å². The van der Waals surface area contributed by atoms with Crippen molar-refractivity contribution in [3.8, 4) is 0 Å². The normalized spacial score (nSPS) is 17.1. The Labute approximate surface area is 131 Å². The van der Waals surface area contributed by atoms with Crippen molar-refractivity contribution in [3.63, 3.8) is 0 Å². The fourth-order valence-corrected chi connectivity index (χ4v) is 2.50. The molecule has 1 aliphatic carbocycles.